The highest BCUT2D eigenvalue weighted by molar-refractivity contribution is 5.97. The molecule has 0 atom stereocenters. The van der Waals surface area contributed by atoms with E-state index >= 15 is 0 Å². The van der Waals surface area contributed by atoms with Crippen molar-refractivity contribution in [3.05, 3.63) is 48.4 Å². The van der Waals surface area contributed by atoms with E-state index in [1.807, 2.05) is 19.1 Å². The number of hydrogen-bond acceptors (Lipinski definition) is 4. The van der Waals surface area contributed by atoms with Crippen LogP contribution in [0.1, 0.15) is 5.56 Å². The highest BCUT2D eigenvalue weighted by Crippen LogP contribution is 2.33. The number of benzene rings is 1. The van der Waals surface area contributed by atoms with Gasteiger partial charge in [0.2, 0.25) is 0 Å². The van der Waals surface area contributed by atoms with E-state index in [1.165, 1.54) is 6.33 Å². The fourth-order valence-corrected chi connectivity index (χ4v) is 2.54. The van der Waals surface area contributed by atoms with E-state index in [0.717, 1.165) is 22.0 Å². The van der Waals surface area contributed by atoms with Crippen LogP contribution >= 0.6 is 0 Å². The van der Waals surface area contributed by atoms with Crippen molar-refractivity contribution in [2.24, 2.45) is 0 Å². The fourth-order valence-electron chi connectivity index (χ4n) is 2.54. The SMILES string of the molecule is Cc1ccc2[nH]ncc2c1-c1ncc2cncnc2c1F. The molecule has 1 N–H and O–H groups in total. The second kappa shape index (κ2) is 4.31. The summed E-state index contributed by atoms with van der Waals surface area (Å²) in [4.78, 5) is 12.2. The average molecular weight is 279 g/mol. The van der Waals surface area contributed by atoms with E-state index in [4.69, 9.17) is 0 Å². The molecule has 0 amide bonds. The number of rotatable bonds is 1. The minimum atomic E-state index is -0.438. The molecular weight excluding hydrogens is 269 g/mol. The van der Waals surface area contributed by atoms with Crippen LogP contribution in [0.25, 0.3) is 33.1 Å². The Labute approximate surface area is 118 Å². The Morgan fingerprint density at radius 1 is 1.10 bits per heavy atom. The quantitative estimate of drug-likeness (QED) is 0.581. The molecule has 0 saturated carbocycles. The van der Waals surface area contributed by atoms with Gasteiger partial charge in [-0.3, -0.25) is 10.1 Å². The number of pyridine rings is 1. The number of nitrogens with zero attached hydrogens (tertiary/aromatic N) is 4. The van der Waals surface area contributed by atoms with Crippen LogP contribution in [-0.2, 0) is 0 Å². The molecule has 0 aliphatic carbocycles. The van der Waals surface area contributed by atoms with Crippen LogP contribution in [0.5, 0.6) is 0 Å². The van der Waals surface area contributed by atoms with Gasteiger partial charge >= 0.3 is 0 Å². The summed E-state index contributed by atoms with van der Waals surface area (Å²) in [5, 5.41) is 8.33. The first-order valence-corrected chi connectivity index (χ1v) is 6.43. The first-order valence-electron chi connectivity index (χ1n) is 6.43. The first kappa shape index (κ1) is 11.9. The van der Waals surface area contributed by atoms with Gasteiger partial charge in [-0.1, -0.05) is 6.07 Å². The van der Waals surface area contributed by atoms with E-state index in [-0.39, 0.29) is 11.2 Å². The van der Waals surface area contributed by atoms with Gasteiger partial charge in [0, 0.05) is 28.7 Å². The number of aromatic amines is 1. The third-order valence-corrected chi connectivity index (χ3v) is 3.56. The van der Waals surface area contributed by atoms with Crippen LogP contribution in [0.15, 0.2) is 37.1 Å². The number of hydrogen-bond donors (Lipinski definition) is 1. The lowest BCUT2D eigenvalue weighted by molar-refractivity contribution is 0.634. The monoisotopic (exact) mass is 279 g/mol. The third-order valence-electron chi connectivity index (χ3n) is 3.56. The Morgan fingerprint density at radius 2 is 2.00 bits per heavy atom. The highest BCUT2D eigenvalue weighted by Gasteiger charge is 2.17. The molecule has 6 heteroatoms. The maximum absolute atomic E-state index is 14.8. The number of fused-ring (bicyclic) bond motifs is 2. The Hall–Kier alpha value is -2.89. The van der Waals surface area contributed by atoms with E-state index in [9.17, 15) is 4.39 Å². The smallest absolute Gasteiger partial charge is 0.175 e. The zero-order valence-electron chi connectivity index (χ0n) is 11.1. The van der Waals surface area contributed by atoms with E-state index < -0.39 is 5.82 Å². The molecule has 4 rings (SSSR count). The van der Waals surface area contributed by atoms with Crippen molar-refractivity contribution in [1.29, 1.82) is 0 Å². The van der Waals surface area contributed by atoms with Gasteiger partial charge in [-0.25, -0.2) is 14.4 Å². The zero-order valence-corrected chi connectivity index (χ0v) is 11.1. The van der Waals surface area contributed by atoms with Gasteiger partial charge in [-0.05, 0) is 18.6 Å². The lowest BCUT2D eigenvalue weighted by Crippen LogP contribution is -1.96. The fraction of sp³-hybridized carbons (Fsp3) is 0.0667. The molecule has 0 spiro atoms. The first-order chi connectivity index (χ1) is 10.3. The van der Waals surface area contributed by atoms with Crippen LogP contribution in [0.2, 0.25) is 0 Å². The van der Waals surface area contributed by atoms with E-state index in [1.54, 1.807) is 18.6 Å². The summed E-state index contributed by atoms with van der Waals surface area (Å²) in [6.07, 6.45) is 6.16. The van der Waals surface area contributed by atoms with Crippen LogP contribution in [0.3, 0.4) is 0 Å². The van der Waals surface area contributed by atoms with Gasteiger partial charge in [0.25, 0.3) is 0 Å². The zero-order chi connectivity index (χ0) is 14.4. The lowest BCUT2D eigenvalue weighted by Gasteiger charge is -2.09. The number of aromatic nitrogens is 5. The molecule has 3 aromatic heterocycles. The number of aryl methyl sites for hydroxylation is 1. The van der Waals surface area contributed by atoms with Crippen molar-refractivity contribution in [1.82, 2.24) is 25.1 Å². The van der Waals surface area contributed by atoms with Crippen molar-refractivity contribution >= 4 is 21.8 Å². The third kappa shape index (κ3) is 1.69. The van der Waals surface area contributed by atoms with Gasteiger partial charge in [0.05, 0.1) is 11.7 Å². The van der Waals surface area contributed by atoms with Gasteiger partial charge in [0.15, 0.2) is 5.82 Å². The topological polar surface area (TPSA) is 67.3 Å². The minimum absolute atomic E-state index is 0.273. The van der Waals surface area contributed by atoms with Crippen LogP contribution in [-0.4, -0.2) is 25.1 Å². The lowest BCUT2D eigenvalue weighted by atomic mass is 10.00. The van der Waals surface area contributed by atoms with Crippen molar-refractivity contribution in [3.8, 4) is 11.3 Å². The van der Waals surface area contributed by atoms with E-state index in [2.05, 4.69) is 25.1 Å². The minimum Gasteiger partial charge on any atom is -0.278 e. The van der Waals surface area contributed by atoms with Gasteiger partial charge in [-0.15, -0.1) is 0 Å². The standard InChI is InChI=1S/C15H10FN5/c1-8-2-3-11-10(6-20-21-11)12(8)15-13(16)14-9(5-18-15)4-17-7-19-14/h2-7H,1H3,(H,20,21). The van der Waals surface area contributed by atoms with Crippen LogP contribution < -0.4 is 0 Å². The maximum atomic E-state index is 14.8. The summed E-state index contributed by atoms with van der Waals surface area (Å²) in [5.41, 5.74) is 3.07. The predicted molar refractivity (Wildman–Crippen MR) is 77.1 cm³/mol. The Kier molecular flexibility index (Phi) is 2.44. The number of H-pyrrole nitrogens is 1. The summed E-state index contributed by atoms with van der Waals surface area (Å²) in [5.74, 6) is -0.438. The second-order valence-corrected chi connectivity index (χ2v) is 4.84. The van der Waals surface area contributed by atoms with Gasteiger partial charge in [-0.2, -0.15) is 5.10 Å². The van der Waals surface area contributed by atoms with Crippen LogP contribution in [0, 0.1) is 12.7 Å². The molecule has 5 nitrogen and oxygen atoms in total. The summed E-state index contributed by atoms with van der Waals surface area (Å²) >= 11 is 0. The second-order valence-electron chi connectivity index (χ2n) is 4.84. The molecule has 102 valence electrons. The van der Waals surface area contributed by atoms with Crippen molar-refractivity contribution in [2.45, 2.75) is 6.92 Å². The van der Waals surface area contributed by atoms with Crippen molar-refractivity contribution in [3.63, 3.8) is 0 Å². The average Bonchev–Trinajstić information content (AvgIpc) is 2.97. The molecule has 21 heavy (non-hydrogen) atoms. The summed E-state index contributed by atoms with van der Waals surface area (Å²) in [7, 11) is 0. The summed E-state index contributed by atoms with van der Waals surface area (Å²) in [6, 6.07) is 3.84. The molecule has 0 unspecified atom stereocenters. The predicted octanol–water partition coefficient (Wildman–Crippen LogP) is 3.02. The molecule has 0 radical (unpaired) electrons. The summed E-state index contributed by atoms with van der Waals surface area (Å²) < 4.78 is 14.8. The number of halogens is 1. The number of nitrogens with one attached hydrogen (secondary N) is 1. The van der Waals surface area contributed by atoms with Gasteiger partial charge < -0.3 is 0 Å². The van der Waals surface area contributed by atoms with Crippen molar-refractivity contribution in [2.75, 3.05) is 0 Å². The van der Waals surface area contributed by atoms with Crippen molar-refractivity contribution < 1.29 is 4.39 Å². The largest absolute Gasteiger partial charge is 0.278 e. The Morgan fingerprint density at radius 3 is 2.90 bits per heavy atom. The Bertz CT molecular complexity index is 976. The van der Waals surface area contributed by atoms with Gasteiger partial charge in [0.1, 0.15) is 17.5 Å². The molecule has 0 bridgehead atoms. The molecule has 0 aliphatic rings. The molecular formula is C15H10FN5. The van der Waals surface area contributed by atoms with Crippen LogP contribution in [0.4, 0.5) is 4.39 Å². The molecule has 1 aromatic carbocycles. The molecule has 0 aliphatic heterocycles. The maximum Gasteiger partial charge on any atom is 0.175 e. The molecule has 4 aromatic rings. The highest BCUT2D eigenvalue weighted by atomic mass is 19.1. The molecule has 0 fully saturated rings. The Balaban J connectivity index is 2.11. The molecule has 3 heterocycles. The summed E-state index contributed by atoms with van der Waals surface area (Å²) in [6.45, 7) is 1.92. The normalized spacial score (nSPS) is 11.3. The van der Waals surface area contributed by atoms with E-state index in [0.29, 0.717) is 5.39 Å². The molecule has 0 saturated heterocycles.